The first-order chi connectivity index (χ1) is 17.7. The van der Waals surface area contributed by atoms with Crippen molar-refractivity contribution in [1.82, 2.24) is 0 Å². The highest BCUT2D eigenvalue weighted by Crippen LogP contribution is 2.57. The van der Waals surface area contributed by atoms with E-state index >= 15 is 0 Å². The van der Waals surface area contributed by atoms with Crippen LogP contribution in [0.5, 0.6) is 0 Å². The van der Waals surface area contributed by atoms with Gasteiger partial charge in [-0.2, -0.15) is 0 Å². The minimum atomic E-state index is -2.25. The predicted octanol–water partition coefficient (Wildman–Crippen LogP) is 4.60. The maximum Gasteiger partial charge on any atom is 0.269 e. The summed E-state index contributed by atoms with van der Waals surface area (Å²) >= 11 is 12.1. The number of hydrogen-bond donors (Lipinski definition) is 0. The van der Waals surface area contributed by atoms with Crippen molar-refractivity contribution in [1.29, 1.82) is 0 Å². The number of Topliss-reactive ketones (excluding diaryl/α,β-unsaturated/α-hetero) is 2. The van der Waals surface area contributed by atoms with E-state index in [0.29, 0.717) is 5.56 Å². The van der Waals surface area contributed by atoms with Crippen LogP contribution in [0.4, 0.5) is 11.4 Å². The van der Waals surface area contributed by atoms with E-state index in [1.807, 2.05) is 0 Å². The minimum Gasteiger partial charge on any atom is -0.349 e. The molecule has 0 bridgehead atoms. The Morgan fingerprint density at radius 3 is 2.03 bits per heavy atom. The number of amides is 2. The van der Waals surface area contributed by atoms with Crippen LogP contribution in [0, 0.1) is 22.0 Å². The van der Waals surface area contributed by atoms with Gasteiger partial charge in [0, 0.05) is 23.3 Å². The Kier molecular flexibility index (Phi) is 5.10. The van der Waals surface area contributed by atoms with Crippen LogP contribution in [-0.2, 0) is 14.3 Å². The summed E-state index contributed by atoms with van der Waals surface area (Å²) in [6.07, 6.45) is -1.20. The monoisotopic (exact) mass is 536 g/mol. The topological polar surface area (TPSA) is 124 Å². The van der Waals surface area contributed by atoms with Crippen LogP contribution in [0.1, 0.15) is 32.4 Å². The molecule has 0 aromatic heterocycles. The molecule has 0 radical (unpaired) electrons. The number of ether oxygens (including phenoxy) is 1. The molecule has 1 aliphatic carbocycles. The zero-order valence-corrected chi connectivity index (χ0v) is 20.1. The number of benzene rings is 3. The Hall–Kier alpha value is -3.92. The van der Waals surface area contributed by atoms with Gasteiger partial charge in [-0.1, -0.05) is 47.5 Å². The number of nitro groups is 1. The van der Waals surface area contributed by atoms with Crippen molar-refractivity contribution in [3.8, 4) is 0 Å². The lowest BCUT2D eigenvalue weighted by molar-refractivity contribution is -0.384. The summed E-state index contributed by atoms with van der Waals surface area (Å²) in [6, 6.07) is 15.6. The molecule has 9 nitrogen and oxygen atoms in total. The highest BCUT2D eigenvalue weighted by Gasteiger charge is 2.74. The number of carbonyl (C=O) groups excluding carboxylic acids is 4. The van der Waals surface area contributed by atoms with Crippen molar-refractivity contribution >= 4 is 58.0 Å². The van der Waals surface area contributed by atoms with E-state index in [4.69, 9.17) is 27.9 Å². The van der Waals surface area contributed by atoms with Gasteiger partial charge < -0.3 is 4.74 Å². The molecule has 184 valence electrons. The lowest BCUT2D eigenvalue weighted by atomic mass is 9.77. The van der Waals surface area contributed by atoms with Gasteiger partial charge in [0.2, 0.25) is 29.0 Å². The first-order valence-electron chi connectivity index (χ1n) is 11.1. The molecule has 0 unspecified atom stereocenters. The van der Waals surface area contributed by atoms with Gasteiger partial charge in [-0.3, -0.25) is 29.3 Å². The standard InChI is InChI=1S/C26H14Cl2N2O7/c27-17-10-9-14(11-18(17)28)29-24(33)19-20(25(29)34)26(22(31)15-3-1-2-4-16(15)23(26)32)37-21(19)12-5-7-13(8-6-12)30(35)36/h1-11,19-21H/t19-,20-,21+/m0/s1. The summed E-state index contributed by atoms with van der Waals surface area (Å²) in [5, 5.41) is 11.5. The number of nitro benzene ring substituents is 1. The van der Waals surface area contributed by atoms with E-state index in [2.05, 4.69) is 0 Å². The molecule has 1 spiro atoms. The van der Waals surface area contributed by atoms with E-state index < -0.39 is 51.8 Å². The second-order valence-corrected chi connectivity index (χ2v) is 9.75. The molecule has 37 heavy (non-hydrogen) atoms. The maximum atomic E-state index is 13.9. The molecule has 2 heterocycles. The van der Waals surface area contributed by atoms with Crippen LogP contribution in [0.15, 0.2) is 66.7 Å². The fourth-order valence-corrected chi connectivity index (χ4v) is 5.77. The molecular formula is C26H14Cl2N2O7. The lowest BCUT2D eigenvalue weighted by Crippen LogP contribution is -2.51. The number of imide groups is 1. The molecule has 3 aromatic carbocycles. The van der Waals surface area contributed by atoms with Crippen LogP contribution in [0.3, 0.4) is 0 Å². The average molecular weight is 537 g/mol. The third-order valence-electron chi connectivity index (χ3n) is 7.11. The Morgan fingerprint density at radius 2 is 1.46 bits per heavy atom. The summed E-state index contributed by atoms with van der Waals surface area (Å²) in [4.78, 5) is 66.6. The van der Waals surface area contributed by atoms with Gasteiger partial charge in [-0.05, 0) is 35.9 Å². The van der Waals surface area contributed by atoms with Gasteiger partial charge in [-0.25, -0.2) is 4.90 Å². The van der Waals surface area contributed by atoms with Crippen LogP contribution >= 0.6 is 23.2 Å². The molecule has 3 aromatic rings. The van der Waals surface area contributed by atoms with Gasteiger partial charge in [0.15, 0.2) is 0 Å². The fourth-order valence-electron chi connectivity index (χ4n) is 5.48. The average Bonchev–Trinajstić information content (AvgIpc) is 3.46. The van der Waals surface area contributed by atoms with Gasteiger partial charge >= 0.3 is 0 Å². The van der Waals surface area contributed by atoms with Crippen molar-refractivity contribution in [3.05, 3.63) is 104 Å². The van der Waals surface area contributed by atoms with Gasteiger partial charge in [0.25, 0.3) is 5.69 Å². The Labute approximate surface area is 218 Å². The van der Waals surface area contributed by atoms with Crippen molar-refractivity contribution in [2.24, 2.45) is 11.8 Å². The number of nitrogens with zero attached hydrogens (tertiary/aromatic N) is 2. The highest BCUT2D eigenvalue weighted by molar-refractivity contribution is 6.42. The quantitative estimate of drug-likeness (QED) is 0.207. The number of ketones is 2. The van der Waals surface area contributed by atoms with Crippen molar-refractivity contribution in [2.45, 2.75) is 11.7 Å². The Morgan fingerprint density at radius 1 is 0.838 bits per heavy atom. The smallest absolute Gasteiger partial charge is 0.269 e. The number of halogens is 2. The number of carbonyl (C=O) groups is 4. The molecule has 3 atom stereocenters. The van der Waals surface area contributed by atoms with E-state index in [0.717, 1.165) is 4.90 Å². The molecule has 2 aliphatic heterocycles. The summed E-state index contributed by atoms with van der Waals surface area (Å²) in [6.45, 7) is 0. The van der Waals surface area contributed by atoms with Crippen LogP contribution in [0.25, 0.3) is 0 Å². The highest BCUT2D eigenvalue weighted by atomic mass is 35.5. The van der Waals surface area contributed by atoms with E-state index in [-0.39, 0.29) is 32.5 Å². The summed E-state index contributed by atoms with van der Waals surface area (Å²) < 4.78 is 6.15. The number of rotatable bonds is 3. The molecular weight excluding hydrogens is 523 g/mol. The third-order valence-corrected chi connectivity index (χ3v) is 7.85. The number of fused-ring (bicyclic) bond motifs is 3. The third kappa shape index (κ3) is 3.08. The second kappa shape index (κ2) is 8.04. The summed E-state index contributed by atoms with van der Waals surface area (Å²) in [7, 11) is 0. The second-order valence-electron chi connectivity index (χ2n) is 8.94. The van der Waals surface area contributed by atoms with Crippen molar-refractivity contribution in [2.75, 3.05) is 4.90 Å². The zero-order valence-electron chi connectivity index (χ0n) is 18.6. The first-order valence-corrected chi connectivity index (χ1v) is 11.9. The molecule has 3 aliphatic rings. The molecule has 11 heteroatoms. The van der Waals surface area contributed by atoms with E-state index in [1.165, 1.54) is 54.6 Å². The molecule has 2 amide bonds. The van der Waals surface area contributed by atoms with Crippen molar-refractivity contribution < 1.29 is 28.8 Å². The number of hydrogen-bond acceptors (Lipinski definition) is 7. The predicted molar refractivity (Wildman–Crippen MR) is 131 cm³/mol. The van der Waals surface area contributed by atoms with E-state index in [9.17, 15) is 29.3 Å². The van der Waals surface area contributed by atoms with Gasteiger partial charge in [0.1, 0.15) is 0 Å². The summed E-state index contributed by atoms with van der Waals surface area (Å²) in [5.41, 5.74) is -1.80. The lowest BCUT2D eigenvalue weighted by Gasteiger charge is -2.27. The molecule has 6 rings (SSSR count). The van der Waals surface area contributed by atoms with Crippen LogP contribution in [-0.4, -0.2) is 33.9 Å². The minimum absolute atomic E-state index is 0.101. The molecule has 2 saturated heterocycles. The van der Waals surface area contributed by atoms with Crippen molar-refractivity contribution in [3.63, 3.8) is 0 Å². The molecule has 0 saturated carbocycles. The van der Waals surface area contributed by atoms with Gasteiger partial charge in [-0.15, -0.1) is 0 Å². The first kappa shape index (κ1) is 23.5. The van der Waals surface area contributed by atoms with Gasteiger partial charge in [0.05, 0.1) is 38.6 Å². The largest absolute Gasteiger partial charge is 0.349 e. The molecule has 2 fully saturated rings. The number of non-ortho nitro benzene ring substituents is 1. The number of anilines is 1. The summed E-state index contributed by atoms with van der Waals surface area (Å²) in [5.74, 6) is -5.58. The SMILES string of the molecule is O=C1[C@@H]2[C@@H](c3ccc([N+](=O)[O-])cc3)OC3(C(=O)c4ccccc4C3=O)[C@@H]2C(=O)N1c1ccc(Cl)c(Cl)c1. The van der Waals surface area contributed by atoms with Crippen LogP contribution in [0.2, 0.25) is 10.0 Å². The maximum absolute atomic E-state index is 13.9. The Balaban J connectivity index is 1.53. The normalized spacial score (nSPS) is 23.6. The van der Waals surface area contributed by atoms with E-state index in [1.54, 1.807) is 12.1 Å². The Bertz CT molecular complexity index is 1530. The fraction of sp³-hybridized carbons (Fsp3) is 0.154. The zero-order chi connectivity index (χ0) is 26.2. The molecule has 0 N–H and O–H groups in total. The van der Waals surface area contributed by atoms with Crippen LogP contribution < -0.4 is 4.90 Å².